The van der Waals surface area contributed by atoms with E-state index in [9.17, 15) is 5.11 Å². The maximum atomic E-state index is 10.2. The second-order valence-electron chi connectivity index (χ2n) is 4.16. The van der Waals surface area contributed by atoms with Gasteiger partial charge in [0.1, 0.15) is 0 Å². The largest absolute Gasteiger partial charge is 0.387 e. The molecule has 0 aliphatic rings. The van der Waals surface area contributed by atoms with Crippen LogP contribution in [0.1, 0.15) is 24.2 Å². The van der Waals surface area contributed by atoms with Crippen LogP contribution in [0.2, 0.25) is 0 Å². The van der Waals surface area contributed by atoms with Gasteiger partial charge in [0.15, 0.2) is 0 Å². The van der Waals surface area contributed by atoms with Crippen molar-refractivity contribution in [2.75, 3.05) is 0 Å². The number of aliphatic hydroxyl groups is 1. The van der Waals surface area contributed by atoms with E-state index in [1.165, 1.54) is 5.56 Å². The van der Waals surface area contributed by atoms with Crippen molar-refractivity contribution in [2.45, 2.75) is 25.6 Å². The van der Waals surface area contributed by atoms with Crippen molar-refractivity contribution < 1.29 is 5.11 Å². The monoisotopic (exact) mass is 247 g/mol. The number of hydrogen-bond acceptors (Lipinski definition) is 3. The van der Waals surface area contributed by atoms with Crippen molar-refractivity contribution in [1.82, 2.24) is 5.32 Å². The van der Waals surface area contributed by atoms with Crippen LogP contribution in [-0.4, -0.2) is 11.1 Å². The Kier molecular flexibility index (Phi) is 4.31. The fourth-order valence-corrected chi connectivity index (χ4v) is 2.39. The van der Waals surface area contributed by atoms with Crippen LogP contribution in [0.15, 0.2) is 47.2 Å². The Labute approximate surface area is 106 Å². The number of aliphatic hydroxyl groups excluding tert-OH is 1. The summed E-state index contributed by atoms with van der Waals surface area (Å²) in [5.41, 5.74) is 2.22. The second-order valence-corrected chi connectivity index (χ2v) is 4.94. The summed E-state index contributed by atoms with van der Waals surface area (Å²) in [5, 5.41) is 17.7. The number of benzene rings is 1. The van der Waals surface area contributed by atoms with Crippen LogP contribution in [0, 0.1) is 0 Å². The summed E-state index contributed by atoms with van der Waals surface area (Å²) >= 11 is 1.69. The molecule has 3 heteroatoms. The zero-order valence-electron chi connectivity index (χ0n) is 9.84. The summed E-state index contributed by atoms with van der Waals surface area (Å²) in [6, 6.07) is 11.9. The molecule has 1 heterocycles. The molecule has 2 nitrogen and oxygen atoms in total. The molecule has 0 aliphatic carbocycles. The van der Waals surface area contributed by atoms with Crippen LogP contribution in [-0.2, 0) is 6.54 Å². The van der Waals surface area contributed by atoms with Crippen molar-refractivity contribution in [3.8, 4) is 0 Å². The van der Waals surface area contributed by atoms with Crippen molar-refractivity contribution >= 4 is 11.3 Å². The van der Waals surface area contributed by atoms with E-state index >= 15 is 0 Å². The lowest BCUT2D eigenvalue weighted by Gasteiger charge is -2.20. The van der Waals surface area contributed by atoms with Gasteiger partial charge in [-0.2, -0.15) is 11.3 Å². The molecule has 1 aromatic heterocycles. The molecule has 0 spiro atoms. The summed E-state index contributed by atoms with van der Waals surface area (Å²) in [6.07, 6.45) is -0.463. The van der Waals surface area contributed by atoms with Gasteiger partial charge in [0, 0.05) is 12.6 Å². The molecule has 2 atom stereocenters. The summed E-state index contributed by atoms with van der Waals surface area (Å²) in [6.45, 7) is 2.80. The molecular formula is C14H17NOS. The SMILES string of the molecule is C[C@H](NCc1ccsc1)[C@@H](O)c1ccccc1. The average Bonchev–Trinajstić information content (AvgIpc) is 2.89. The molecule has 2 rings (SSSR count). The highest BCUT2D eigenvalue weighted by atomic mass is 32.1. The molecule has 0 saturated carbocycles. The quantitative estimate of drug-likeness (QED) is 0.851. The minimum absolute atomic E-state index is 0.0392. The number of hydrogen-bond donors (Lipinski definition) is 2. The molecule has 1 aromatic carbocycles. The molecular weight excluding hydrogens is 230 g/mol. The third-order valence-electron chi connectivity index (χ3n) is 2.82. The molecule has 17 heavy (non-hydrogen) atoms. The van der Waals surface area contributed by atoms with Gasteiger partial charge in [-0.05, 0) is 34.9 Å². The van der Waals surface area contributed by atoms with Crippen LogP contribution in [0.3, 0.4) is 0 Å². The fourth-order valence-electron chi connectivity index (χ4n) is 1.72. The summed E-state index contributed by atoms with van der Waals surface area (Å²) in [4.78, 5) is 0. The van der Waals surface area contributed by atoms with E-state index in [0.717, 1.165) is 12.1 Å². The van der Waals surface area contributed by atoms with E-state index in [4.69, 9.17) is 0 Å². The van der Waals surface area contributed by atoms with E-state index < -0.39 is 6.10 Å². The molecule has 0 unspecified atom stereocenters. The number of nitrogens with one attached hydrogen (secondary N) is 1. The minimum atomic E-state index is -0.463. The van der Waals surface area contributed by atoms with E-state index in [-0.39, 0.29) is 6.04 Å². The maximum absolute atomic E-state index is 10.2. The first kappa shape index (κ1) is 12.3. The van der Waals surface area contributed by atoms with Crippen molar-refractivity contribution in [1.29, 1.82) is 0 Å². The highest BCUT2D eigenvalue weighted by Crippen LogP contribution is 2.16. The van der Waals surface area contributed by atoms with E-state index in [1.54, 1.807) is 11.3 Å². The number of thiophene rings is 1. The van der Waals surface area contributed by atoms with Gasteiger partial charge in [0.25, 0.3) is 0 Å². The standard InChI is InChI=1S/C14H17NOS/c1-11(15-9-12-7-8-17-10-12)14(16)13-5-3-2-4-6-13/h2-8,10-11,14-16H,9H2,1H3/t11-,14+/m0/s1. The molecule has 90 valence electrons. The summed E-state index contributed by atoms with van der Waals surface area (Å²) in [7, 11) is 0. The van der Waals surface area contributed by atoms with Crippen LogP contribution in [0.5, 0.6) is 0 Å². The predicted octanol–water partition coefficient (Wildman–Crippen LogP) is 2.96. The first-order chi connectivity index (χ1) is 8.27. The van der Waals surface area contributed by atoms with E-state index in [1.807, 2.05) is 37.3 Å². The van der Waals surface area contributed by atoms with Gasteiger partial charge in [0.2, 0.25) is 0 Å². The third kappa shape index (κ3) is 3.40. The Morgan fingerprint density at radius 3 is 2.65 bits per heavy atom. The third-order valence-corrected chi connectivity index (χ3v) is 3.56. The van der Waals surface area contributed by atoms with Crippen molar-refractivity contribution in [2.24, 2.45) is 0 Å². The van der Waals surface area contributed by atoms with Gasteiger partial charge in [-0.25, -0.2) is 0 Å². The Morgan fingerprint density at radius 2 is 2.00 bits per heavy atom. The maximum Gasteiger partial charge on any atom is 0.0940 e. The molecule has 0 aliphatic heterocycles. The van der Waals surface area contributed by atoms with Crippen LogP contribution in [0.4, 0.5) is 0 Å². The summed E-state index contributed by atoms with van der Waals surface area (Å²) < 4.78 is 0. The highest BCUT2D eigenvalue weighted by molar-refractivity contribution is 7.07. The van der Waals surface area contributed by atoms with Gasteiger partial charge in [-0.1, -0.05) is 30.3 Å². The first-order valence-corrected chi connectivity index (χ1v) is 6.69. The molecule has 0 bridgehead atoms. The predicted molar refractivity (Wildman–Crippen MR) is 72.0 cm³/mol. The van der Waals surface area contributed by atoms with Gasteiger partial charge in [-0.3, -0.25) is 0 Å². The van der Waals surface area contributed by atoms with Crippen molar-refractivity contribution in [3.63, 3.8) is 0 Å². The van der Waals surface area contributed by atoms with Gasteiger partial charge in [-0.15, -0.1) is 0 Å². The van der Waals surface area contributed by atoms with Crippen LogP contribution in [0.25, 0.3) is 0 Å². The Bertz CT molecular complexity index is 427. The molecule has 0 saturated heterocycles. The lowest BCUT2D eigenvalue weighted by atomic mass is 10.0. The minimum Gasteiger partial charge on any atom is -0.387 e. The molecule has 0 amide bonds. The normalized spacial score (nSPS) is 14.5. The van der Waals surface area contributed by atoms with Crippen molar-refractivity contribution in [3.05, 3.63) is 58.3 Å². The molecule has 0 fully saturated rings. The fraction of sp³-hybridized carbons (Fsp3) is 0.286. The smallest absolute Gasteiger partial charge is 0.0940 e. The van der Waals surface area contributed by atoms with E-state index in [2.05, 4.69) is 22.1 Å². The van der Waals surface area contributed by atoms with Crippen LogP contribution < -0.4 is 5.32 Å². The summed E-state index contributed by atoms with van der Waals surface area (Å²) in [5.74, 6) is 0. The highest BCUT2D eigenvalue weighted by Gasteiger charge is 2.15. The molecule has 2 aromatic rings. The van der Waals surface area contributed by atoms with Gasteiger partial charge < -0.3 is 10.4 Å². The second kappa shape index (κ2) is 5.96. The van der Waals surface area contributed by atoms with Crippen LogP contribution >= 0.6 is 11.3 Å². The molecule has 2 N–H and O–H groups in total. The first-order valence-electron chi connectivity index (χ1n) is 5.75. The lowest BCUT2D eigenvalue weighted by Crippen LogP contribution is -2.31. The zero-order chi connectivity index (χ0) is 12.1. The Balaban J connectivity index is 1.89. The zero-order valence-corrected chi connectivity index (χ0v) is 10.7. The Hall–Kier alpha value is -1.16. The lowest BCUT2D eigenvalue weighted by molar-refractivity contribution is 0.135. The number of rotatable bonds is 5. The molecule has 0 radical (unpaired) electrons. The van der Waals surface area contributed by atoms with Gasteiger partial charge >= 0.3 is 0 Å². The Morgan fingerprint density at radius 1 is 1.24 bits per heavy atom. The van der Waals surface area contributed by atoms with E-state index in [0.29, 0.717) is 0 Å². The average molecular weight is 247 g/mol. The van der Waals surface area contributed by atoms with Gasteiger partial charge in [0.05, 0.1) is 6.10 Å². The topological polar surface area (TPSA) is 32.3 Å².